The van der Waals surface area contributed by atoms with Crippen molar-refractivity contribution in [3.05, 3.63) is 65.2 Å². The van der Waals surface area contributed by atoms with E-state index in [0.29, 0.717) is 11.1 Å². The first-order valence-corrected chi connectivity index (χ1v) is 12.8. The predicted octanol–water partition coefficient (Wildman–Crippen LogP) is 4.07. The number of aromatic hydroxyl groups is 1. The summed E-state index contributed by atoms with van der Waals surface area (Å²) in [5.41, 5.74) is 1.26. The molecule has 3 rings (SSSR count). The number of hydrogen-bond donors (Lipinski definition) is 3. The zero-order valence-corrected chi connectivity index (χ0v) is 22.7. The van der Waals surface area contributed by atoms with Crippen molar-refractivity contribution in [1.29, 1.82) is 0 Å². The van der Waals surface area contributed by atoms with E-state index in [4.69, 9.17) is 11.2 Å². The summed E-state index contributed by atoms with van der Waals surface area (Å²) in [6, 6.07) is 11.2. The number of carbonyl (C=O) groups excluding carboxylic acids is 3. The smallest absolute Gasteiger partial charge is 0.408 e. The normalized spacial score (nSPS) is 14.7. The van der Waals surface area contributed by atoms with Crippen LogP contribution in [-0.4, -0.2) is 51.6 Å². The zero-order valence-electron chi connectivity index (χ0n) is 22.7. The second-order valence-electron chi connectivity index (χ2n) is 10.9. The van der Waals surface area contributed by atoms with Gasteiger partial charge in [-0.15, -0.1) is 6.42 Å². The van der Waals surface area contributed by atoms with Gasteiger partial charge in [0, 0.05) is 24.1 Å². The molecule has 1 aliphatic rings. The van der Waals surface area contributed by atoms with Crippen LogP contribution in [0.15, 0.2) is 48.5 Å². The van der Waals surface area contributed by atoms with Crippen molar-refractivity contribution in [3.63, 3.8) is 0 Å². The molecule has 3 amide bonds. The van der Waals surface area contributed by atoms with Crippen LogP contribution in [0.4, 0.5) is 4.79 Å². The van der Waals surface area contributed by atoms with E-state index in [1.54, 1.807) is 62.1 Å². The molecule has 2 atom stereocenters. The van der Waals surface area contributed by atoms with Gasteiger partial charge in [0.2, 0.25) is 11.8 Å². The fourth-order valence-corrected chi connectivity index (χ4v) is 4.13. The lowest BCUT2D eigenvalue weighted by Gasteiger charge is -2.35. The minimum absolute atomic E-state index is 0.0946. The molecule has 0 heterocycles. The van der Waals surface area contributed by atoms with E-state index in [1.807, 2.05) is 13.8 Å². The minimum atomic E-state index is -1.01. The molecule has 202 valence electrons. The molecule has 2 aromatic rings. The molecule has 2 unspecified atom stereocenters. The molecular weight excluding hydrogens is 482 g/mol. The number of terminal acetylenes is 1. The Balaban J connectivity index is 2.01. The molecule has 0 saturated heterocycles. The molecule has 1 saturated carbocycles. The Morgan fingerprint density at radius 2 is 1.66 bits per heavy atom. The molecule has 0 aromatic heterocycles. The topological polar surface area (TPSA) is 108 Å². The Kier molecular flexibility index (Phi) is 9.05. The molecule has 8 heteroatoms. The van der Waals surface area contributed by atoms with E-state index in [2.05, 4.69) is 16.6 Å². The zero-order chi connectivity index (χ0) is 28.0. The monoisotopic (exact) mass is 519 g/mol. The quantitative estimate of drug-likeness (QED) is 0.433. The fraction of sp³-hybridized carbons (Fsp3) is 0.433. The van der Waals surface area contributed by atoms with E-state index in [1.165, 1.54) is 12.1 Å². The molecule has 2 aromatic carbocycles. The van der Waals surface area contributed by atoms with Crippen LogP contribution in [0.25, 0.3) is 0 Å². The summed E-state index contributed by atoms with van der Waals surface area (Å²) < 4.78 is 5.44. The Labute approximate surface area is 224 Å². The van der Waals surface area contributed by atoms with Gasteiger partial charge in [-0.2, -0.15) is 0 Å². The Hall–Kier alpha value is -3.99. The number of amides is 3. The number of hydrogen-bond acceptors (Lipinski definition) is 5. The van der Waals surface area contributed by atoms with Gasteiger partial charge in [0.05, 0.1) is 0 Å². The molecular formula is C30H37N3O5. The number of rotatable bonds is 9. The molecule has 0 bridgehead atoms. The maximum absolute atomic E-state index is 14.2. The summed E-state index contributed by atoms with van der Waals surface area (Å²) in [5.74, 6) is 1.96. The van der Waals surface area contributed by atoms with Crippen LogP contribution in [0.5, 0.6) is 5.75 Å². The largest absolute Gasteiger partial charge is 0.508 e. The van der Waals surface area contributed by atoms with Crippen molar-refractivity contribution in [2.45, 2.75) is 83.6 Å². The second kappa shape index (κ2) is 12.0. The van der Waals surface area contributed by atoms with Crippen molar-refractivity contribution in [2.24, 2.45) is 0 Å². The van der Waals surface area contributed by atoms with Gasteiger partial charge >= 0.3 is 6.09 Å². The second-order valence-corrected chi connectivity index (χ2v) is 10.9. The van der Waals surface area contributed by atoms with Gasteiger partial charge in [-0.3, -0.25) is 9.59 Å². The van der Waals surface area contributed by atoms with Gasteiger partial charge in [0.15, 0.2) is 0 Å². The molecule has 0 aliphatic heterocycles. The summed E-state index contributed by atoms with van der Waals surface area (Å²) in [6.07, 6.45) is 6.43. The number of phenols is 1. The maximum atomic E-state index is 14.2. The minimum Gasteiger partial charge on any atom is -0.508 e. The van der Waals surface area contributed by atoms with Crippen molar-refractivity contribution in [2.75, 3.05) is 0 Å². The first-order chi connectivity index (χ1) is 17.9. The summed E-state index contributed by atoms with van der Waals surface area (Å²) in [5, 5.41) is 15.4. The number of alkyl carbamates (subject to hydrolysis) is 1. The van der Waals surface area contributed by atoms with Crippen LogP contribution >= 0.6 is 0 Å². The number of carbonyl (C=O) groups is 3. The summed E-state index contributed by atoms with van der Waals surface area (Å²) in [6.45, 7) is 8.94. The number of benzene rings is 2. The van der Waals surface area contributed by atoms with E-state index in [0.717, 1.165) is 18.4 Å². The van der Waals surface area contributed by atoms with Gasteiger partial charge in [0.25, 0.3) is 0 Å². The average molecular weight is 520 g/mol. The number of nitrogens with one attached hydrogen (secondary N) is 2. The third-order valence-corrected chi connectivity index (χ3v) is 5.91. The lowest BCUT2D eigenvalue weighted by molar-refractivity contribution is -0.143. The van der Waals surface area contributed by atoms with Crippen molar-refractivity contribution in [1.82, 2.24) is 15.5 Å². The summed E-state index contributed by atoms with van der Waals surface area (Å²) in [7, 11) is 0. The van der Waals surface area contributed by atoms with Gasteiger partial charge in [-0.1, -0.05) is 30.2 Å². The molecule has 8 nitrogen and oxygen atoms in total. The van der Waals surface area contributed by atoms with E-state index < -0.39 is 29.7 Å². The highest BCUT2D eigenvalue weighted by Crippen LogP contribution is 2.36. The average Bonchev–Trinajstić information content (AvgIpc) is 3.66. The van der Waals surface area contributed by atoms with Gasteiger partial charge in [0.1, 0.15) is 23.4 Å². The lowest BCUT2D eigenvalue weighted by atomic mass is 9.99. The van der Waals surface area contributed by atoms with Crippen LogP contribution < -0.4 is 10.6 Å². The molecule has 3 N–H and O–H groups in total. The van der Waals surface area contributed by atoms with Crippen molar-refractivity contribution in [3.8, 4) is 18.1 Å². The molecule has 1 aliphatic carbocycles. The standard InChI is InChI=1S/C30H37N3O5/c1-7-20-8-12-22(13-9-20)26(27(35)31-19(2)3)33(23-14-15-23)28(36)25(32-29(37)38-30(4,5)6)18-21-10-16-24(34)17-11-21/h1,8-13,16-17,19,23,25-26,34H,14-15,18H2,2-6H3,(H,31,35)(H,32,37). The summed E-state index contributed by atoms with van der Waals surface area (Å²) in [4.78, 5) is 42.1. The van der Waals surface area contributed by atoms with Crippen LogP contribution in [0.1, 0.15) is 70.2 Å². The van der Waals surface area contributed by atoms with Crippen molar-refractivity contribution >= 4 is 17.9 Å². The third-order valence-electron chi connectivity index (χ3n) is 5.91. The summed E-state index contributed by atoms with van der Waals surface area (Å²) >= 11 is 0. The molecule has 0 radical (unpaired) electrons. The first kappa shape index (κ1) is 28.6. The van der Waals surface area contributed by atoms with Crippen LogP contribution in [0.3, 0.4) is 0 Å². The predicted molar refractivity (Wildman–Crippen MR) is 145 cm³/mol. The van der Waals surface area contributed by atoms with Gasteiger partial charge in [-0.25, -0.2) is 4.79 Å². The first-order valence-electron chi connectivity index (χ1n) is 12.8. The Morgan fingerprint density at radius 3 is 2.16 bits per heavy atom. The van der Waals surface area contributed by atoms with Crippen LogP contribution in [0, 0.1) is 12.3 Å². The molecule has 1 fully saturated rings. The SMILES string of the molecule is C#Cc1ccc(C(C(=O)NC(C)C)N(C(=O)C(Cc2ccc(O)cc2)NC(=O)OC(C)(C)C)C2CC2)cc1. The highest BCUT2D eigenvalue weighted by molar-refractivity contribution is 5.93. The van der Waals surface area contributed by atoms with Crippen molar-refractivity contribution < 1.29 is 24.2 Å². The van der Waals surface area contributed by atoms with Crippen LogP contribution in [-0.2, 0) is 20.7 Å². The van der Waals surface area contributed by atoms with Crippen LogP contribution in [0.2, 0.25) is 0 Å². The Morgan fingerprint density at radius 1 is 1.05 bits per heavy atom. The maximum Gasteiger partial charge on any atom is 0.408 e. The number of ether oxygens (including phenoxy) is 1. The van der Waals surface area contributed by atoms with E-state index in [-0.39, 0.29) is 30.2 Å². The fourth-order valence-electron chi connectivity index (χ4n) is 4.13. The number of nitrogens with zero attached hydrogens (tertiary/aromatic N) is 1. The highest BCUT2D eigenvalue weighted by atomic mass is 16.6. The Bertz CT molecular complexity index is 1170. The lowest BCUT2D eigenvalue weighted by Crippen LogP contribution is -2.55. The number of phenolic OH excluding ortho intramolecular Hbond substituents is 1. The molecule has 0 spiro atoms. The van der Waals surface area contributed by atoms with E-state index >= 15 is 0 Å². The van der Waals surface area contributed by atoms with E-state index in [9.17, 15) is 19.5 Å². The third kappa shape index (κ3) is 8.01. The highest BCUT2D eigenvalue weighted by Gasteiger charge is 2.44. The van der Waals surface area contributed by atoms with Gasteiger partial charge < -0.3 is 25.4 Å². The van der Waals surface area contributed by atoms with Gasteiger partial charge in [-0.05, 0) is 82.9 Å². The molecule has 38 heavy (non-hydrogen) atoms.